The molecule has 2 aromatic heterocycles. The number of fused-ring (bicyclic) bond motifs is 3. The predicted octanol–water partition coefficient (Wildman–Crippen LogP) is 7.64. The largest absolute Gasteiger partial charge is 0.340 e. The van der Waals surface area contributed by atoms with Crippen LogP contribution in [0.3, 0.4) is 0 Å². The van der Waals surface area contributed by atoms with Gasteiger partial charge in [0.2, 0.25) is 0 Å². The highest BCUT2D eigenvalue weighted by Gasteiger charge is 2.12. The number of nitrogens with zero attached hydrogens (tertiary/aromatic N) is 2. The number of anilines is 1. The van der Waals surface area contributed by atoms with Gasteiger partial charge in [-0.05, 0) is 66.7 Å². The van der Waals surface area contributed by atoms with Crippen molar-refractivity contribution in [1.82, 2.24) is 9.99 Å². The molecule has 5 aromatic rings. The molecule has 2 heterocycles. The van der Waals surface area contributed by atoms with Crippen LogP contribution < -0.4 is 10.7 Å². The maximum absolute atomic E-state index is 5.31. The van der Waals surface area contributed by atoms with Gasteiger partial charge in [-0.25, -0.2) is 0 Å². The SMILES string of the molecule is CCCCn1c2ccccc2c2cc(-c3ccc(/C=N/NC(=S)Nc4ccccc4)s3)ccc21. The molecule has 0 spiro atoms. The van der Waals surface area contributed by atoms with E-state index < -0.39 is 0 Å². The molecule has 0 amide bonds. The molecule has 3 aromatic carbocycles. The van der Waals surface area contributed by atoms with E-state index >= 15 is 0 Å². The number of nitrogens with one attached hydrogen (secondary N) is 2. The van der Waals surface area contributed by atoms with Gasteiger partial charge in [-0.3, -0.25) is 5.43 Å². The fraction of sp³-hybridized carbons (Fsp3) is 0.143. The molecule has 0 aliphatic carbocycles. The molecule has 0 aliphatic heterocycles. The van der Waals surface area contributed by atoms with Gasteiger partial charge in [0.25, 0.3) is 0 Å². The molecule has 0 unspecified atom stereocenters. The van der Waals surface area contributed by atoms with Crippen LogP contribution >= 0.6 is 23.6 Å². The van der Waals surface area contributed by atoms with Gasteiger partial charge in [0.05, 0.1) is 6.21 Å². The first-order chi connectivity index (χ1) is 16.7. The van der Waals surface area contributed by atoms with Crippen LogP contribution in [0.1, 0.15) is 24.6 Å². The first-order valence-corrected chi connectivity index (χ1v) is 12.7. The zero-order chi connectivity index (χ0) is 23.3. The van der Waals surface area contributed by atoms with E-state index in [0.717, 1.165) is 17.1 Å². The van der Waals surface area contributed by atoms with Crippen LogP contribution in [0.2, 0.25) is 0 Å². The number of hydrogen-bond acceptors (Lipinski definition) is 3. The molecule has 6 heteroatoms. The second-order valence-electron chi connectivity index (χ2n) is 8.15. The molecule has 0 radical (unpaired) electrons. The third kappa shape index (κ3) is 4.74. The first kappa shape index (κ1) is 22.3. The number of unbranched alkanes of at least 4 members (excludes halogenated alkanes) is 1. The average Bonchev–Trinajstić information content (AvgIpc) is 3.46. The Morgan fingerprint density at radius 3 is 2.59 bits per heavy atom. The molecule has 0 bridgehead atoms. The molecular formula is C28H26N4S2. The minimum atomic E-state index is 0.462. The molecule has 5 rings (SSSR count). The quantitative estimate of drug-likeness (QED) is 0.142. The number of rotatable bonds is 7. The fourth-order valence-electron chi connectivity index (χ4n) is 4.18. The Labute approximate surface area is 208 Å². The third-order valence-electron chi connectivity index (χ3n) is 5.81. The van der Waals surface area contributed by atoms with Crippen LogP contribution in [0.15, 0.2) is 90.0 Å². The molecule has 0 saturated heterocycles. The van der Waals surface area contributed by atoms with Gasteiger partial charge < -0.3 is 9.88 Å². The summed E-state index contributed by atoms with van der Waals surface area (Å²) in [7, 11) is 0. The molecule has 34 heavy (non-hydrogen) atoms. The highest BCUT2D eigenvalue weighted by Crippen LogP contribution is 2.35. The summed E-state index contributed by atoms with van der Waals surface area (Å²) in [6.07, 6.45) is 4.18. The molecule has 0 atom stereocenters. The van der Waals surface area contributed by atoms with Crippen molar-refractivity contribution >= 4 is 62.4 Å². The Kier molecular flexibility index (Phi) is 6.70. The number of thiocarbonyl (C=S) groups is 1. The summed E-state index contributed by atoms with van der Waals surface area (Å²) in [6.45, 7) is 3.29. The Balaban J connectivity index is 1.35. The summed E-state index contributed by atoms with van der Waals surface area (Å²) in [5.74, 6) is 0. The van der Waals surface area contributed by atoms with E-state index in [9.17, 15) is 0 Å². The highest BCUT2D eigenvalue weighted by atomic mass is 32.1. The van der Waals surface area contributed by atoms with Crippen LogP contribution in [-0.4, -0.2) is 15.9 Å². The lowest BCUT2D eigenvalue weighted by atomic mass is 10.1. The zero-order valence-corrected chi connectivity index (χ0v) is 20.6. The lowest BCUT2D eigenvalue weighted by Gasteiger charge is -2.06. The van der Waals surface area contributed by atoms with Crippen LogP contribution in [0.5, 0.6) is 0 Å². The summed E-state index contributed by atoms with van der Waals surface area (Å²) < 4.78 is 2.46. The molecule has 170 valence electrons. The van der Waals surface area contributed by atoms with Crippen LogP contribution in [0.25, 0.3) is 32.2 Å². The van der Waals surface area contributed by atoms with E-state index in [1.807, 2.05) is 36.5 Å². The molecule has 0 aliphatic rings. The van der Waals surface area contributed by atoms with Crippen molar-refractivity contribution in [1.29, 1.82) is 0 Å². The maximum atomic E-state index is 5.31. The Bertz CT molecular complexity index is 1460. The van der Waals surface area contributed by atoms with Gasteiger partial charge in [-0.15, -0.1) is 11.3 Å². The fourth-order valence-corrected chi connectivity index (χ4v) is 5.22. The summed E-state index contributed by atoms with van der Waals surface area (Å²) in [5, 5.41) is 10.5. The Morgan fingerprint density at radius 2 is 1.74 bits per heavy atom. The minimum Gasteiger partial charge on any atom is -0.340 e. The normalized spacial score (nSPS) is 11.4. The van der Waals surface area contributed by atoms with Gasteiger partial charge >= 0.3 is 0 Å². The minimum absolute atomic E-state index is 0.462. The van der Waals surface area contributed by atoms with Crippen LogP contribution in [0.4, 0.5) is 5.69 Å². The molecule has 0 fully saturated rings. The standard InChI is InChI=1S/C28H26N4S2/c1-2-3-17-32-25-12-8-7-11-23(25)24-18-20(13-15-26(24)32)27-16-14-22(34-27)19-29-31-28(33)30-21-9-5-4-6-10-21/h4-16,18-19H,2-3,17H2,1H3,(H2,30,31,33)/b29-19+. The predicted molar refractivity (Wildman–Crippen MR) is 151 cm³/mol. The summed E-state index contributed by atoms with van der Waals surface area (Å²) in [5.41, 5.74) is 7.66. The first-order valence-electron chi connectivity index (χ1n) is 11.5. The second-order valence-corrected chi connectivity index (χ2v) is 9.67. The molecule has 0 saturated carbocycles. The van der Waals surface area contributed by atoms with Crippen molar-refractivity contribution in [2.75, 3.05) is 5.32 Å². The van der Waals surface area contributed by atoms with Gasteiger partial charge in [0.1, 0.15) is 0 Å². The van der Waals surface area contributed by atoms with E-state index in [-0.39, 0.29) is 0 Å². The number of thiophene rings is 1. The van der Waals surface area contributed by atoms with Gasteiger partial charge in [0, 0.05) is 43.8 Å². The van der Waals surface area contributed by atoms with Crippen LogP contribution in [0, 0.1) is 0 Å². The van der Waals surface area contributed by atoms with E-state index in [2.05, 4.69) is 81.9 Å². The number of hydrazone groups is 1. The second kappa shape index (κ2) is 10.2. The van der Waals surface area contributed by atoms with Crippen molar-refractivity contribution in [2.24, 2.45) is 5.10 Å². The maximum Gasteiger partial charge on any atom is 0.191 e. The lowest BCUT2D eigenvalue weighted by molar-refractivity contribution is 0.665. The van der Waals surface area contributed by atoms with Gasteiger partial charge in [-0.1, -0.05) is 55.8 Å². The average molecular weight is 483 g/mol. The van der Waals surface area contributed by atoms with Crippen molar-refractivity contribution in [3.63, 3.8) is 0 Å². The molecule has 4 nitrogen and oxygen atoms in total. The third-order valence-corrected chi connectivity index (χ3v) is 7.07. The number of aryl methyl sites for hydroxylation is 1. The number of hydrogen-bond donors (Lipinski definition) is 2. The zero-order valence-electron chi connectivity index (χ0n) is 19.0. The smallest absolute Gasteiger partial charge is 0.191 e. The van der Waals surface area contributed by atoms with Crippen molar-refractivity contribution < 1.29 is 0 Å². The topological polar surface area (TPSA) is 41.4 Å². The van der Waals surface area contributed by atoms with E-state index in [0.29, 0.717) is 5.11 Å². The summed E-state index contributed by atoms with van der Waals surface area (Å²) in [6, 6.07) is 29.6. The monoisotopic (exact) mass is 482 g/mol. The van der Waals surface area contributed by atoms with Gasteiger partial charge in [0.15, 0.2) is 5.11 Å². The van der Waals surface area contributed by atoms with E-state index in [1.54, 1.807) is 11.3 Å². The summed E-state index contributed by atoms with van der Waals surface area (Å²) >= 11 is 7.03. The van der Waals surface area contributed by atoms with E-state index in [1.165, 1.54) is 45.1 Å². The molecular weight excluding hydrogens is 456 g/mol. The van der Waals surface area contributed by atoms with Crippen LogP contribution in [-0.2, 0) is 6.54 Å². The number of benzene rings is 3. The van der Waals surface area contributed by atoms with Crippen molar-refractivity contribution in [2.45, 2.75) is 26.3 Å². The highest BCUT2D eigenvalue weighted by molar-refractivity contribution is 7.80. The molecule has 2 N–H and O–H groups in total. The number of para-hydroxylation sites is 2. The summed E-state index contributed by atoms with van der Waals surface area (Å²) in [4.78, 5) is 2.29. The Hall–Kier alpha value is -3.48. The van der Waals surface area contributed by atoms with Gasteiger partial charge in [-0.2, -0.15) is 5.10 Å². The lowest BCUT2D eigenvalue weighted by Crippen LogP contribution is -2.23. The van der Waals surface area contributed by atoms with Crippen molar-refractivity contribution in [3.05, 3.63) is 89.8 Å². The van der Waals surface area contributed by atoms with E-state index in [4.69, 9.17) is 12.2 Å². The number of aromatic nitrogens is 1. The Morgan fingerprint density at radius 1 is 0.941 bits per heavy atom. The van der Waals surface area contributed by atoms with Crippen molar-refractivity contribution in [3.8, 4) is 10.4 Å².